The minimum atomic E-state index is -0.496. The molecule has 0 aliphatic carbocycles. The van der Waals surface area contributed by atoms with Gasteiger partial charge in [0, 0.05) is 25.1 Å². The Balaban J connectivity index is 2.33. The number of carbonyl (C=O) groups is 1. The summed E-state index contributed by atoms with van der Waals surface area (Å²) in [7, 11) is 0. The molecule has 0 saturated carbocycles. The van der Waals surface area contributed by atoms with E-state index in [1.165, 1.54) is 18.2 Å². The first-order valence-electron chi connectivity index (χ1n) is 7.01. The van der Waals surface area contributed by atoms with Crippen molar-refractivity contribution in [2.24, 2.45) is 0 Å². The predicted molar refractivity (Wildman–Crippen MR) is 81.0 cm³/mol. The maximum atomic E-state index is 13.0. The van der Waals surface area contributed by atoms with Crippen LogP contribution >= 0.6 is 0 Å². The molecule has 1 amide bonds. The molecule has 0 spiro atoms. The summed E-state index contributed by atoms with van der Waals surface area (Å²) in [5.41, 5.74) is 5.95. The second kappa shape index (κ2) is 8.93. The summed E-state index contributed by atoms with van der Waals surface area (Å²) in [6.07, 6.45) is 1.58. The van der Waals surface area contributed by atoms with Crippen molar-refractivity contribution in [3.05, 3.63) is 24.0 Å². The zero-order valence-corrected chi connectivity index (χ0v) is 12.2. The molecule has 1 rings (SSSR count). The van der Waals surface area contributed by atoms with Crippen molar-refractivity contribution < 1.29 is 9.18 Å². The molecular formula is C15H21FN4O. The van der Waals surface area contributed by atoms with Crippen LogP contribution in [0, 0.1) is 17.1 Å². The van der Waals surface area contributed by atoms with Gasteiger partial charge in [0.25, 0.3) is 0 Å². The standard InChI is InChI=1S/C15H21FN4O/c1-2-20(10-4-8-17)9-3-5-15(21)19-12-6-7-13(16)14(18)11-12/h6-7,11H,2-5,9-10,18H2,1H3,(H,19,21). The maximum Gasteiger partial charge on any atom is 0.224 e. The lowest BCUT2D eigenvalue weighted by Gasteiger charge is -2.18. The molecule has 1 aromatic rings. The Morgan fingerprint density at radius 2 is 2.24 bits per heavy atom. The molecule has 0 radical (unpaired) electrons. The van der Waals surface area contributed by atoms with Gasteiger partial charge in [0.15, 0.2) is 0 Å². The highest BCUT2D eigenvalue weighted by Crippen LogP contribution is 2.16. The molecule has 5 nitrogen and oxygen atoms in total. The molecule has 6 heteroatoms. The summed E-state index contributed by atoms with van der Waals surface area (Å²) in [5, 5.41) is 11.2. The number of amides is 1. The highest BCUT2D eigenvalue weighted by atomic mass is 19.1. The van der Waals surface area contributed by atoms with E-state index < -0.39 is 5.82 Å². The number of benzene rings is 1. The molecule has 0 heterocycles. The quantitative estimate of drug-likeness (QED) is 0.721. The molecule has 0 aliphatic heterocycles. The summed E-state index contributed by atoms with van der Waals surface area (Å²) < 4.78 is 13.0. The van der Waals surface area contributed by atoms with E-state index in [4.69, 9.17) is 11.0 Å². The molecule has 1 aromatic carbocycles. The first-order chi connectivity index (χ1) is 10.1. The monoisotopic (exact) mass is 292 g/mol. The van der Waals surface area contributed by atoms with E-state index in [2.05, 4.69) is 16.3 Å². The summed E-state index contributed by atoms with van der Waals surface area (Å²) in [6.45, 7) is 4.39. The topological polar surface area (TPSA) is 82.2 Å². The van der Waals surface area contributed by atoms with Crippen molar-refractivity contribution in [1.82, 2.24) is 4.90 Å². The zero-order valence-electron chi connectivity index (χ0n) is 12.2. The fourth-order valence-electron chi connectivity index (χ4n) is 1.94. The van der Waals surface area contributed by atoms with Crippen LogP contribution in [-0.2, 0) is 4.79 Å². The van der Waals surface area contributed by atoms with Crippen molar-refractivity contribution in [3.63, 3.8) is 0 Å². The van der Waals surface area contributed by atoms with Crippen LogP contribution in [-0.4, -0.2) is 30.4 Å². The molecule has 0 saturated heterocycles. The number of nitrogens with two attached hydrogens (primary N) is 1. The lowest BCUT2D eigenvalue weighted by atomic mass is 10.2. The van der Waals surface area contributed by atoms with Gasteiger partial charge in [0.05, 0.1) is 11.8 Å². The molecule has 0 aliphatic rings. The zero-order chi connectivity index (χ0) is 15.7. The van der Waals surface area contributed by atoms with E-state index >= 15 is 0 Å². The van der Waals surface area contributed by atoms with Gasteiger partial charge < -0.3 is 16.0 Å². The average Bonchev–Trinajstić information content (AvgIpc) is 2.46. The van der Waals surface area contributed by atoms with Gasteiger partial charge in [-0.15, -0.1) is 0 Å². The van der Waals surface area contributed by atoms with Gasteiger partial charge in [-0.2, -0.15) is 5.26 Å². The second-order valence-electron chi connectivity index (χ2n) is 4.73. The number of hydrogen-bond acceptors (Lipinski definition) is 4. The van der Waals surface area contributed by atoms with E-state index in [1.54, 1.807) is 0 Å². The van der Waals surface area contributed by atoms with Crippen LogP contribution in [0.15, 0.2) is 18.2 Å². The van der Waals surface area contributed by atoms with E-state index in [-0.39, 0.29) is 11.6 Å². The molecule has 0 aromatic heterocycles. The fourth-order valence-corrected chi connectivity index (χ4v) is 1.94. The van der Waals surface area contributed by atoms with Crippen LogP contribution in [0.1, 0.15) is 26.2 Å². The summed E-state index contributed by atoms with van der Waals surface area (Å²) in [4.78, 5) is 13.9. The number of nitrogens with zero attached hydrogens (tertiary/aromatic N) is 2. The Hall–Kier alpha value is -2.13. The number of rotatable bonds is 8. The highest BCUT2D eigenvalue weighted by Gasteiger charge is 2.07. The van der Waals surface area contributed by atoms with Crippen LogP contribution in [0.4, 0.5) is 15.8 Å². The smallest absolute Gasteiger partial charge is 0.224 e. The summed E-state index contributed by atoms with van der Waals surface area (Å²) >= 11 is 0. The normalized spacial score (nSPS) is 10.4. The van der Waals surface area contributed by atoms with E-state index in [1.807, 2.05) is 6.92 Å². The van der Waals surface area contributed by atoms with Gasteiger partial charge in [-0.25, -0.2) is 4.39 Å². The molecule has 114 valence electrons. The van der Waals surface area contributed by atoms with Crippen molar-refractivity contribution >= 4 is 17.3 Å². The van der Waals surface area contributed by atoms with Crippen molar-refractivity contribution in [2.45, 2.75) is 26.2 Å². The summed E-state index contributed by atoms with van der Waals surface area (Å²) in [6, 6.07) is 6.22. The largest absolute Gasteiger partial charge is 0.396 e. The van der Waals surface area contributed by atoms with Gasteiger partial charge in [-0.1, -0.05) is 6.92 Å². The first-order valence-corrected chi connectivity index (χ1v) is 7.01. The molecular weight excluding hydrogens is 271 g/mol. The number of halogens is 1. The molecule has 0 unspecified atom stereocenters. The fraction of sp³-hybridized carbons (Fsp3) is 0.467. The Morgan fingerprint density at radius 3 is 2.86 bits per heavy atom. The van der Waals surface area contributed by atoms with Crippen LogP contribution in [0.5, 0.6) is 0 Å². The molecule has 21 heavy (non-hydrogen) atoms. The molecule has 0 fully saturated rings. The lowest BCUT2D eigenvalue weighted by molar-refractivity contribution is -0.116. The average molecular weight is 292 g/mol. The Labute approximate surface area is 124 Å². The Bertz CT molecular complexity index is 513. The number of anilines is 2. The first kappa shape index (κ1) is 16.9. The Kier molecular flexibility index (Phi) is 7.19. The number of nitriles is 1. The number of nitrogen functional groups attached to an aromatic ring is 1. The SMILES string of the molecule is CCN(CCC#N)CCCC(=O)Nc1ccc(F)c(N)c1. The van der Waals surface area contributed by atoms with Gasteiger partial charge in [0.2, 0.25) is 5.91 Å². The van der Waals surface area contributed by atoms with Crippen molar-refractivity contribution in [2.75, 3.05) is 30.7 Å². The highest BCUT2D eigenvalue weighted by molar-refractivity contribution is 5.91. The van der Waals surface area contributed by atoms with Crippen LogP contribution in [0.2, 0.25) is 0 Å². The van der Waals surface area contributed by atoms with Gasteiger partial charge >= 0.3 is 0 Å². The van der Waals surface area contributed by atoms with E-state index in [0.717, 1.165) is 19.6 Å². The third-order valence-corrected chi connectivity index (χ3v) is 3.14. The number of carbonyl (C=O) groups excluding carboxylic acids is 1. The van der Waals surface area contributed by atoms with Gasteiger partial charge in [-0.05, 0) is 37.7 Å². The van der Waals surface area contributed by atoms with Crippen molar-refractivity contribution in [1.29, 1.82) is 5.26 Å². The van der Waals surface area contributed by atoms with Crippen molar-refractivity contribution in [3.8, 4) is 6.07 Å². The minimum Gasteiger partial charge on any atom is -0.396 e. The third kappa shape index (κ3) is 6.23. The number of nitrogens with one attached hydrogen (secondary N) is 1. The predicted octanol–water partition coefficient (Wildman–Crippen LogP) is 2.36. The minimum absolute atomic E-state index is 0.0152. The third-order valence-electron chi connectivity index (χ3n) is 3.14. The lowest BCUT2D eigenvalue weighted by Crippen LogP contribution is -2.26. The molecule has 0 atom stereocenters. The Morgan fingerprint density at radius 1 is 1.48 bits per heavy atom. The van der Waals surface area contributed by atoms with Crippen LogP contribution in [0.3, 0.4) is 0 Å². The summed E-state index contributed by atoms with van der Waals surface area (Å²) in [5.74, 6) is -0.624. The van der Waals surface area contributed by atoms with E-state index in [0.29, 0.717) is 24.9 Å². The van der Waals surface area contributed by atoms with Crippen LogP contribution < -0.4 is 11.1 Å². The maximum absolute atomic E-state index is 13.0. The van der Waals surface area contributed by atoms with Gasteiger partial charge in [-0.3, -0.25) is 4.79 Å². The second-order valence-corrected chi connectivity index (χ2v) is 4.73. The molecule has 0 bridgehead atoms. The van der Waals surface area contributed by atoms with E-state index in [9.17, 15) is 9.18 Å². The van der Waals surface area contributed by atoms with Crippen LogP contribution in [0.25, 0.3) is 0 Å². The molecule has 3 N–H and O–H groups in total. The van der Waals surface area contributed by atoms with Gasteiger partial charge in [0.1, 0.15) is 5.82 Å². The number of hydrogen-bond donors (Lipinski definition) is 2.